The molecule has 0 spiro atoms. The predicted molar refractivity (Wildman–Crippen MR) is 54.3 cm³/mol. The number of aliphatic carboxylic acids is 1. The summed E-state index contributed by atoms with van der Waals surface area (Å²) in [5.74, 6) is -1.67. The van der Waals surface area contributed by atoms with Gasteiger partial charge < -0.3 is 19.6 Å². The Morgan fingerprint density at radius 1 is 1.59 bits per heavy atom. The van der Waals surface area contributed by atoms with Crippen molar-refractivity contribution in [2.24, 2.45) is 0 Å². The number of carboxylic acids is 1. The number of hydrogen-bond donors (Lipinski definition) is 2. The highest BCUT2D eigenvalue weighted by Crippen LogP contribution is 2.21. The van der Waals surface area contributed by atoms with Crippen LogP contribution in [0.25, 0.3) is 0 Å². The summed E-state index contributed by atoms with van der Waals surface area (Å²) in [5, 5.41) is 21.9. The highest BCUT2D eigenvalue weighted by molar-refractivity contribution is 5.95. The predicted octanol–water partition coefficient (Wildman–Crippen LogP) is -0.357. The third-order valence-electron chi connectivity index (χ3n) is 2.77. The topological polar surface area (TPSA) is 104 Å². The van der Waals surface area contributed by atoms with Crippen molar-refractivity contribution in [3.63, 3.8) is 0 Å². The van der Waals surface area contributed by atoms with Crippen LogP contribution in [0.5, 0.6) is 0 Å². The average Bonchev–Trinajstić information content (AvgIpc) is 2.83. The summed E-state index contributed by atoms with van der Waals surface area (Å²) in [6.45, 7) is 1.64. The van der Waals surface area contributed by atoms with E-state index in [1.165, 1.54) is 6.20 Å². The van der Waals surface area contributed by atoms with Gasteiger partial charge in [0.1, 0.15) is 6.04 Å². The second kappa shape index (κ2) is 4.17. The van der Waals surface area contributed by atoms with Gasteiger partial charge in [-0.25, -0.2) is 4.79 Å². The molecule has 2 rings (SSSR count). The maximum absolute atomic E-state index is 12.0. The third kappa shape index (κ3) is 2.01. The Kier molecular flexibility index (Phi) is 2.84. The summed E-state index contributed by atoms with van der Waals surface area (Å²) in [6.07, 6.45) is 0.604. The number of nitrogens with zero attached hydrogens (tertiary/aromatic N) is 2. The van der Waals surface area contributed by atoms with Gasteiger partial charge in [0.05, 0.1) is 12.3 Å². The molecule has 1 aliphatic heterocycles. The van der Waals surface area contributed by atoms with Crippen LogP contribution in [-0.2, 0) is 4.79 Å². The van der Waals surface area contributed by atoms with Gasteiger partial charge in [0, 0.05) is 18.5 Å². The molecule has 1 fully saturated rings. The van der Waals surface area contributed by atoms with Crippen LogP contribution in [0.2, 0.25) is 0 Å². The van der Waals surface area contributed by atoms with Crippen LogP contribution >= 0.6 is 0 Å². The SMILES string of the molecule is Cc1cnoc1C(=O)N1CC(O)CC1C(=O)O. The maximum atomic E-state index is 12.0. The molecule has 1 saturated heterocycles. The van der Waals surface area contributed by atoms with Gasteiger partial charge in [0.2, 0.25) is 5.76 Å². The van der Waals surface area contributed by atoms with Gasteiger partial charge >= 0.3 is 5.97 Å². The van der Waals surface area contributed by atoms with E-state index in [1.54, 1.807) is 6.92 Å². The summed E-state index contributed by atoms with van der Waals surface area (Å²) < 4.78 is 4.79. The number of carbonyl (C=O) groups excluding carboxylic acids is 1. The van der Waals surface area contributed by atoms with E-state index in [0.29, 0.717) is 5.56 Å². The molecule has 0 aliphatic carbocycles. The highest BCUT2D eigenvalue weighted by atomic mass is 16.5. The molecule has 1 aromatic rings. The van der Waals surface area contributed by atoms with E-state index in [2.05, 4.69) is 5.16 Å². The number of aryl methyl sites for hydroxylation is 1. The van der Waals surface area contributed by atoms with Crippen LogP contribution < -0.4 is 0 Å². The van der Waals surface area contributed by atoms with Crippen molar-refractivity contribution in [1.82, 2.24) is 10.1 Å². The fourth-order valence-corrected chi connectivity index (χ4v) is 1.90. The molecule has 2 atom stereocenters. The average molecular weight is 240 g/mol. The van der Waals surface area contributed by atoms with E-state index in [4.69, 9.17) is 9.63 Å². The minimum absolute atomic E-state index is 0.00403. The number of amides is 1. The first-order valence-electron chi connectivity index (χ1n) is 5.14. The zero-order valence-electron chi connectivity index (χ0n) is 9.16. The van der Waals surface area contributed by atoms with Crippen molar-refractivity contribution in [3.8, 4) is 0 Å². The van der Waals surface area contributed by atoms with E-state index < -0.39 is 24.0 Å². The molecular weight excluding hydrogens is 228 g/mol. The Morgan fingerprint density at radius 2 is 2.29 bits per heavy atom. The van der Waals surface area contributed by atoms with Crippen LogP contribution in [0.4, 0.5) is 0 Å². The number of rotatable bonds is 2. The lowest BCUT2D eigenvalue weighted by molar-refractivity contribution is -0.141. The normalized spacial score (nSPS) is 24.0. The van der Waals surface area contributed by atoms with Crippen molar-refractivity contribution in [1.29, 1.82) is 0 Å². The van der Waals surface area contributed by atoms with Crippen LogP contribution in [0.1, 0.15) is 22.5 Å². The monoisotopic (exact) mass is 240 g/mol. The molecule has 92 valence electrons. The molecule has 17 heavy (non-hydrogen) atoms. The summed E-state index contributed by atoms with van der Waals surface area (Å²) >= 11 is 0. The summed E-state index contributed by atoms with van der Waals surface area (Å²) in [5.41, 5.74) is 0.542. The zero-order valence-corrected chi connectivity index (χ0v) is 9.16. The number of carboxylic acid groups (broad SMARTS) is 1. The van der Waals surface area contributed by atoms with Crippen molar-refractivity contribution >= 4 is 11.9 Å². The van der Waals surface area contributed by atoms with Crippen LogP contribution in [0.3, 0.4) is 0 Å². The smallest absolute Gasteiger partial charge is 0.326 e. The largest absolute Gasteiger partial charge is 0.480 e. The summed E-state index contributed by atoms with van der Waals surface area (Å²) in [7, 11) is 0. The van der Waals surface area contributed by atoms with Crippen LogP contribution in [-0.4, -0.2) is 50.8 Å². The number of aliphatic hydroxyl groups is 1. The molecule has 0 radical (unpaired) electrons. The minimum atomic E-state index is -1.13. The molecule has 2 N–H and O–H groups in total. The number of carbonyl (C=O) groups is 2. The van der Waals surface area contributed by atoms with E-state index >= 15 is 0 Å². The molecule has 7 heteroatoms. The maximum Gasteiger partial charge on any atom is 0.326 e. The summed E-state index contributed by atoms with van der Waals surface area (Å²) in [4.78, 5) is 24.1. The van der Waals surface area contributed by atoms with Crippen molar-refractivity contribution in [3.05, 3.63) is 17.5 Å². The Balaban J connectivity index is 2.25. The molecule has 0 saturated carbocycles. The molecule has 0 aromatic carbocycles. The quantitative estimate of drug-likeness (QED) is 0.731. The van der Waals surface area contributed by atoms with Gasteiger partial charge in [-0.2, -0.15) is 0 Å². The van der Waals surface area contributed by atoms with Gasteiger partial charge in [0.15, 0.2) is 0 Å². The minimum Gasteiger partial charge on any atom is -0.480 e. The fourth-order valence-electron chi connectivity index (χ4n) is 1.90. The van der Waals surface area contributed by atoms with Crippen molar-refractivity contribution in [2.45, 2.75) is 25.5 Å². The van der Waals surface area contributed by atoms with Crippen LogP contribution in [0.15, 0.2) is 10.7 Å². The fraction of sp³-hybridized carbons (Fsp3) is 0.500. The second-order valence-electron chi connectivity index (χ2n) is 4.04. The van der Waals surface area contributed by atoms with Gasteiger partial charge in [-0.3, -0.25) is 4.79 Å². The molecular formula is C10H12N2O5. The second-order valence-corrected chi connectivity index (χ2v) is 4.04. The first kappa shape index (κ1) is 11.6. The van der Waals surface area contributed by atoms with E-state index in [0.717, 1.165) is 4.90 Å². The lowest BCUT2D eigenvalue weighted by atomic mass is 10.2. The zero-order chi connectivity index (χ0) is 12.6. The number of β-amino-alcohol motifs (C(OH)–C–C–N with tert-alkyl or cyclic N) is 1. The summed E-state index contributed by atoms with van der Waals surface area (Å²) in [6, 6.07) is -1.01. The molecule has 1 aromatic heterocycles. The molecule has 1 amide bonds. The van der Waals surface area contributed by atoms with Gasteiger partial charge in [-0.15, -0.1) is 0 Å². The number of aliphatic hydroxyl groups excluding tert-OH is 1. The Labute approximate surface area is 96.6 Å². The molecule has 1 aliphatic rings. The van der Waals surface area contributed by atoms with Crippen LogP contribution in [0, 0.1) is 6.92 Å². The number of aromatic nitrogens is 1. The first-order valence-corrected chi connectivity index (χ1v) is 5.14. The lowest BCUT2D eigenvalue weighted by Gasteiger charge is -2.19. The Bertz CT molecular complexity index is 455. The van der Waals surface area contributed by atoms with Gasteiger partial charge in [-0.1, -0.05) is 5.16 Å². The molecule has 2 heterocycles. The van der Waals surface area contributed by atoms with Crippen molar-refractivity contribution in [2.75, 3.05) is 6.54 Å². The highest BCUT2D eigenvalue weighted by Gasteiger charge is 2.40. The number of likely N-dealkylation sites (tertiary alicyclic amines) is 1. The van der Waals surface area contributed by atoms with E-state index in [1.807, 2.05) is 0 Å². The number of hydrogen-bond acceptors (Lipinski definition) is 5. The van der Waals surface area contributed by atoms with Crippen molar-refractivity contribution < 1.29 is 24.3 Å². The van der Waals surface area contributed by atoms with E-state index in [-0.39, 0.29) is 18.7 Å². The Hall–Kier alpha value is -1.89. The molecule has 2 unspecified atom stereocenters. The van der Waals surface area contributed by atoms with Gasteiger partial charge in [-0.05, 0) is 6.92 Å². The lowest BCUT2D eigenvalue weighted by Crippen LogP contribution is -2.40. The van der Waals surface area contributed by atoms with Gasteiger partial charge in [0.25, 0.3) is 5.91 Å². The first-order chi connectivity index (χ1) is 8.00. The molecule has 0 bridgehead atoms. The Morgan fingerprint density at radius 3 is 2.82 bits per heavy atom. The molecule has 7 nitrogen and oxygen atoms in total. The standard InChI is InChI=1S/C10H12N2O5/c1-5-3-11-17-8(5)9(14)12-4-6(13)2-7(12)10(15)16/h3,6-7,13H,2,4H2,1H3,(H,15,16). The third-order valence-corrected chi connectivity index (χ3v) is 2.77. The van der Waals surface area contributed by atoms with E-state index in [9.17, 15) is 14.7 Å².